The first kappa shape index (κ1) is 15.0. The zero-order valence-electron chi connectivity index (χ0n) is 13.4. The lowest BCUT2D eigenvalue weighted by Crippen LogP contribution is -2.53. The van der Waals surface area contributed by atoms with Crippen LogP contribution in [-0.4, -0.2) is 4.99 Å². The van der Waals surface area contributed by atoms with Crippen LogP contribution in [0.4, 0.5) is 0 Å². The minimum Gasteiger partial charge on any atom is -0.393 e. The molecular formula is C19H27NS. The molecule has 0 aromatic heterocycles. The van der Waals surface area contributed by atoms with E-state index >= 15 is 0 Å². The summed E-state index contributed by atoms with van der Waals surface area (Å²) >= 11 is 5.45. The lowest BCUT2D eigenvalue weighted by molar-refractivity contribution is 0.0120. The van der Waals surface area contributed by atoms with Crippen molar-refractivity contribution in [2.45, 2.75) is 51.9 Å². The molecule has 0 spiro atoms. The Morgan fingerprint density at radius 3 is 2.43 bits per heavy atom. The van der Waals surface area contributed by atoms with Crippen molar-refractivity contribution in [2.75, 3.05) is 0 Å². The maximum Gasteiger partial charge on any atom is 0.0787 e. The molecule has 2 saturated carbocycles. The largest absolute Gasteiger partial charge is 0.393 e. The molecule has 5 atom stereocenters. The normalized spacial score (nSPS) is 42.5. The summed E-state index contributed by atoms with van der Waals surface area (Å²) < 4.78 is 0. The van der Waals surface area contributed by atoms with Crippen molar-refractivity contribution in [2.24, 2.45) is 28.9 Å². The first-order chi connectivity index (χ1) is 9.86. The molecule has 1 nitrogen and oxygen atoms in total. The summed E-state index contributed by atoms with van der Waals surface area (Å²) in [6.45, 7) is 7.15. The molecule has 2 heteroatoms. The summed E-state index contributed by atoms with van der Waals surface area (Å²) in [6, 6.07) is 11.1. The van der Waals surface area contributed by atoms with E-state index < -0.39 is 0 Å². The van der Waals surface area contributed by atoms with E-state index in [1.54, 1.807) is 0 Å². The molecule has 21 heavy (non-hydrogen) atoms. The summed E-state index contributed by atoms with van der Waals surface area (Å²) in [4.78, 5) is 0.717. The second kappa shape index (κ2) is 5.08. The van der Waals surface area contributed by atoms with Crippen LogP contribution in [0.25, 0.3) is 0 Å². The van der Waals surface area contributed by atoms with Crippen molar-refractivity contribution in [1.82, 2.24) is 0 Å². The van der Waals surface area contributed by atoms with Crippen LogP contribution in [0, 0.1) is 23.2 Å². The molecule has 2 bridgehead atoms. The molecule has 5 unspecified atom stereocenters. The lowest BCUT2D eigenvalue weighted by Gasteiger charge is -2.57. The van der Waals surface area contributed by atoms with E-state index in [1.165, 1.54) is 24.8 Å². The van der Waals surface area contributed by atoms with Crippen LogP contribution in [-0.2, 0) is 5.41 Å². The Kier molecular flexibility index (Phi) is 3.64. The van der Waals surface area contributed by atoms with Crippen molar-refractivity contribution in [3.05, 3.63) is 35.9 Å². The van der Waals surface area contributed by atoms with Crippen LogP contribution in [0.15, 0.2) is 30.3 Å². The molecular weight excluding hydrogens is 274 g/mol. The van der Waals surface area contributed by atoms with Crippen molar-refractivity contribution >= 4 is 17.2 Å². The van der Waals surface area contributed by atoms with Crippen molar-refractivity contribution in [1.29, 1.82) is 0 Å². The molecule has 0 amide bonds. The van der Waals surface area contributed by atoms with Crippen molar-refractivity contribution < 1.29 is 0 Å². The van der Waals surface area contributed by atoms with Gasteiger partial charge >= 0.3 is 0 Å². The van der Waals surface area contributed by atoms with Gasteiger partial charge in [0.05, 0.1) is 4.99 Å². The van der Waals surface area contributed by atoms with Gasteiger partial charge in [-0.1, -0.05) is 63.3 Å². The summed E-state index contributed by atoms with van der Waals surface area (Å²) in [5, 5.41) is 0. The van der Waals surface area contributed by atoms with Gasteiger partial charge in [0.25, 0.3) is 0 Å². The molecule has 2 fully saturated rings. The number of hydrogen-bond donors (Lipinski definition) is 1. The van der Waals surface area contributed by atoms with Crippen molar-refractivity contribution in [3.8, 4) is 0 Å². The highest BCUT2D eigenvalue weighted by atomic mass is 32.1. The molecule has 2 N–H and O–H groups in total. The van der Waals surface area contributed by atoms with Gasteiger partial charge in [-0.25, -0.2) is 0 Å². The van der Waals surface area contributed by atoms with Crippen LogP contribution in [0.5, 0.6) is 0 Å². The molecule has 0 heterocycles. The summed E-state index contributed by atoms with van der Waals surface area (Å²) in [7, 11) is 0. The molecule has 3 rings (SSSR count). The number of hydrogen-bond acceptors (Lipinski definition) is 1. The summed E-state index contributed by atoms with van der Waals surface area (Å²) in [5.74, 6) is 2.30. The van der Waals surface area contributed by atoms with E-state index in [0.29, 0.717) is 4.99 Å². The summed E-state index contributed by atoms with van der Waals surface area (Å²) in [5.41, 5.74) is 7.94. The third-order valence-corrected chi connectivity index (χ3v) is 6.92. The molecule has 1 aromatic carbocycles. The number of benzene rings is 1. The van der Waals surface area contributed by atoms with E-state index in [4.69, 9.17) is 18.0 Å². The van der Waals surface area contributed by atoms with Crippen LogP contribution in [0.3, 0.4) is 0 Å². The molecule has 2 aliphatic rings. The van der Waals surface area contributed by atoms with Crippen LogP contribution in [0.2, 0.25) is 0 Å². The lowest BCUT2D eigenvalue weighted by atomic mass is 9.48. The Morgan fingerprint density at radius 2 is 1.81 bits per heavy atom. The second-order valence-corrected chi connectivity index (χ2v) is 8.40. The van der Waals surface area contributed by atoms with Gasteiger partial charge in [-0.15, -0.1) is 0 Å². The van der Waals surface area contributed by atoms with Gasteiger partial charge in [-0.05, 0) is 54.4 Å². The fourth-order valence-corrected chi connectivity index (χ4v) is 5.31. The molecule has 2 aliphatic carbocycles. The predicted molar refractivity (Wildman–Crippen MR) is 93.3 cm³/mol. The van der Waals surface area contributed by atoms with Gasteiger partial charge in [-0.3, -0.25) is 0 Å². The maximum atomic E-state index is 6.15. The minimum absolute atomic E-state index is 0.0164. The zero-order valence-corrected chi connectivity index (χ0v) is 14.2. The average molecular weight is 301 g/mol. The highest BCUT2D eigenvalue weighted by Gasteiger charge is 2.53. The topological polar surface area (TPSA) is 26.0 Å². The number of fused-ring (bicyclic) bond motifs is 2. The van der Waals surface area contributed by atoms with E-state index in [-0.39, 0.29) is 10.8 Å². The first-order valence-electron chi connectivity index (χ1n) is 8.22. The van der Waals surface area contributed by atoms with E-state index in [2.05, 4.69) is 51.1 Å². The Labute approximate surface area is 134 Å². The molecule has 114 valence electrons. The molecule has 0 radical (unpaired) electrons. The second-order valence-electron chi connectivity index (χ2n) is 7.96. The smallest absolute Gasteiger partial charge is 0.0787 e. The predicted octanol–water partition coefficient (Wildman–Crippen LogP) is 4.69. The number of rotatable bonds is 2. The van der Waals surface area contributed by atoms with Gasteiger partial charge in [0.2, 0.25) is 0 Å². The highest BCUT2D eigenvalue weighted by molar-refractivity contribution is 7.80. The maximum absolute atomic E-state index is 6.15. The Morgan fingerprint density at radius 1 is 1.14 bits per heavy atom. The van der Waals surface area contributed by atoms with E-state index in [9.17, 15) is 0 Å². The third-order valence-electron chi connectivity index (χ3n) is 6.43. The highest BCUT2D eigenvalue weighted by Crippen LogP contribution is 2.59. The first-order valence-corrected chi connectivity index (χ1v) is 8.63. The monoisotopic (exact) mass is 301 g/mol. The van der Waals surface area contributed by atoms with Gasteiger partial charge < -0.3 is 5.73 Å². The minimum atomic E-state index is 0.0164. The van der Waals surface area contributed by atoms with Gasteiger partial charge in [0.15, 0.2) is 0 Å². The van der Waals surface area contributed by atoms with Crippen molar-refractivity contribution in [3.63, 3.8) is 0 Å². The SMILES string of the molecule is CC1CC2(c3ccccc3)CC(CC(C)(C(N)=S)C2)C1C. The van der Waals surface area contributed by atoms with E-state index in [1.807, 2.05) is 0 Å². The standard InChI is InChI=1S/C19H27NS/c1-13-9-19(16-7-5-4-6-8-16)11-15(14(13)2)10-18(3,12-19)17(20)21/h4-8,13-15H,9-12H2,1-3H3,(H2,20,21). The quantitative estimate of drug-likeness (QED) is 0.802. The van der Waals surface area contributed by atoms with Crippen LogP contribution in [0.1, 0.15) is 52.0 Å². The molecule has 1 aromatic rings. The average Bonchev–Trinajstić information content (AvgIpc) is 2.45. The van der Waals surface area contributed by atoms with E-state index in [0.717, 1.165) is 24.2 Å². The Hall–Kier alpha value is -0.890. The van der Waals surface area contributed by atoms with Gasteiger partial charge in [-0.2, -0.15) is 0 Å². The van der Waals surface area contributed by atoms with Gasteiger partial charge in [0, 0.05) is 5.41 Å². The zero-order chi connectivity index (χ0) is 15.3. The molecule has 0 aliphatic heterocycles. The van der Waals surface area contributed by atoms with Gasteiger partial charge in [0.1, 0.15) is 0 Å². The fraction of sp³-hybridized carbons (Fsp3) is 0.632. The Bertz CT molecular complexity index is 536. The van der Waals surface area contributed by atoms with Crippen LogP contribution < -0.4 is 5.73 Å². The number of nitrogens with two attached hydrogens (primary N) is 1. The fourth-order valence-electron chi connectivity index (χ4n) is 5.16. The summed E-state index contributed by atoms with van der Waals surface area (Å²) in [6.07, 6.45) is 4.86. The Balaban J connectivity index is 2.06. The number of thiocarbonyl (C=S) groups is 1. The third kappa shape index (κ3) is 2.42. The van der Waals surface area contributed by atoms with Crippen LogP contribution >= 0.6 is 12.2 Å². The molecule has 0 saturated heterocycles.